The van der Waals surface area contributed by atoms with Crippen LogP contribution in [0.4, 0.5) is 0 Å². The van der Waals surface area contributed by atoms with E-state index in [9.17, 15) is 9.90 Å². The van der Waals surface area contributed by atoms with E-state index in [1.807, 2.05) is 88.4 Å². The third-order valence-corrected chi connectivity index (χ3v) is 5.31. The lowest BCUT2D eigenvalue weighted by Crippen LogP contribution is -2.22. The first-order valence-corrected chi connectivity index (χ1v) is 10.7. The second-order valence-electron chi connectivity index (χ2n) is 7.23. The van der Waals surface area contributed by atoms with E-state index in [1.165, 1.54) is 0 Å². The molecule has 0 radical (unpaired) electrons. The smallest absolute Gasteiger partial charge is 0.182 e. The number of aliphatic hydroxyl groups is 1. The van der Waals surface area contributed by atoms with Crippen LogP contribution in [0.2, 0.25) is 0 Å². The number of nitrogens with zero attached hydrogens (tertiary/aromatic N) is 3. The number of aromatic nitrogens is 3. The van der Waals surface area contributed by atoms with E-state index in [-0.39, 0.29) is 12.4 Å². The summed E-state index contributed by atoms with van der Waals surface area (Å²) in [5, 5.41) is 10.3. The quantitative estimate of drug-likeness (QED) is 0.360. The van der Waals surface area contributed by atoms with Crippen LogP contribution in [0.15, 0.2) is 90.1 Å². The molecule has 0 fully saturated rings. The molecule has 0 aliphatic carbocycles. The number of Topliss-reactive ketones (excluding diaryl/α,β-unsaturated/α-hetero) is 1. The fourth-order valence-corrected chi connectivity index (χ4v) is 3.48. The number of hydrogen-bond donors (Lipinski definition) is 1. The Labute approximate surface area is 188 Å². The standard InChI is InChI=1S/C24H22BrN3O3/c25-20-6-8-22(9-7-20)31-16-21(29)13-28-14-23(26-17-28)18-4-3-5-19(12-18)24(30)15-27-10-1-2-11-27/h1-12,14,17,21,29H,13,15-16H2. The van der Waals surface area contributed by atoms with Crippen LogP contribution in [0.5, 0.6) is 5.75 Å². The summed E-state index contributed by atoms with van der Waals surface area (Å²) in [5.41, 5.74) is 2.25. The van der Waals surface area contributed by atoms with Gasteiger partial charge >= 0.3 is 0 Å². The topological polar surface area (TPSA) is 69.3 Å². The van der Waals surface area contributed by atoms with Gasteiger partial charge < -0.3 is 19.0 Å². The van der Waals surface area contributed by atoms with E-state index in [0.717, 1.165) is 15.7 Å². The molecule has 2 heterocycles. The number of imidazole rings is 1. The van der Waals surface area contributed by atoms with Crippen LogP contribution in [0.25, 0.3) is 11.3 Å². The highest BCUT2D eigenvalue weighted by atomic mass is 79.9. The summed E-state index contributed by atoms with van der Waals surface area (Å²) in [6.07, 6.45) is 6.59. The molecular formula is C24H22BrN3O3. The fourth-order valence-electron chi connectivity index (χ4n) is 3.21. The number of aliphatic hydroxyl groups excluding tert-OH is 1. The largest absolute Gasteiger partial charge is 0.491 e. The summed E-state index contributed by atoms with van der Waals surface area (Å²) in [5.74, 6) is 0.743. The van der Waals surface area contributed by atoms with Crippen molar-refractivity contribution in [1.29, 1.82) is 0 Å². The van der Waals surface area contributed by atoms with Crippen LogP contribution in [-0.2, 0) is 13.1 Å². The molecule has 2 aromatic carbocycles. The maximum absolute atomic E-state index is 12.6. The summed E-state index contributed by atoms with van der Waals surface area (Å²) >= 11 is 3.38. The van der Waals surface area contributed by atoms with Gasteiger partial charge in [-0.25, -0.2) is 4.98 Å². The predicted octanol–water partition coefficient (Wildman–Crippen LogP) is 4.44. The van der Waals surface area contributed by atoms with Gasteiger partial charge in [-0.3, -0.25) is 4.79 Å². The summed E-state index contributed by atoms with van der Waals surface area (Å²) in [7, 11) is 0. The fraction of sp³-hybridized carbons (Fsp3) is 0.167. The molecule has 0 saturated carbocycles. The first-order chi connectivity index (χ1) is 15.1. The Bertz CT molecular complexity index is 1140. The molecule has 0 bridgehead atoms. The Morgan fingerprint density at radius 1 is 1.06 bits per heavy atom. The number of hydrogen-bond acceptors (Lipinski definition) is 4. The zero-order valence-corrected chi connectivity index (χ0v) is 18.4. The average molecular weight is 480 g/mol. The normalized spacial score (nSPS) is 11.9. The Kier molecular flexibility index (Phi) is 6.64. The van der Waals surface area contributed by atoms with E-state index in [4.69, 9.17) is 4.74 Å². The van der Waals surface area contributed by atoms with Gasteiger partial charge in [0.05, 0.1) is 25.1 Å². The lowest BCUT2D eigenvalue weighted by atomic mass is 10.1. The Morgan fingerprint density at radius 2 is 1.84 bits per heavy atom. The molecular weight excluding hydrogens is 458 g/mol. The van der Waals surface area contributed by atoms with Gasteiger partial charge in [0.1, 0.15) is 18.5 Å². The summed E-state index contributed by atoms with van der Waals surface area (Å²) in [6.45, 7) is 0.837. The monoisotopic (exact) mass is 479 g/mol. The Hall–Kier alpha value is -3.16. The minimum absolute atomic E-state index is 0.0398. The van der Waals surface area contributed by atoms with Crippen LogP contribution in [0.3, 0.4) is 0 Å². The van der Waals surface area contributed by atoms with Gasteiger partial charge in [-0.2, -0.15) is 0 Å². The maximum Gasteiger partial charge on any atom is 0.182 e. The van der Waals surface area contributed by atoms with E-state index in [1.54, 1.807) is 6.33 Å². The lowest BCUT2D eigenvalue weighted by molar-refractivity contribution is 0.0924. The second kappa shape index (κ2) is 9.76. The number of ketones is 1. The van der Waals surface area contributed by atoms with Crippen molar-refractivity contribution in [2.24, 2.45) is 0 Å². The van der Waals surface area contributed by atoms with E-state index < -0.39 is 6.10 Å². The average Bonchev–Trinajstić information content (AvgIpc) is 3.46. The number of benzene rings is 2. The van der Waals surface area contributed by atoms with E-state index >= 15 is 0 Å². The van der Waals surface area contributed by atoms with Gasteiger partial charge in [0.15, 0.2) is 5.78 Å². The van der Waals surface area contributed by atoms with Crippen molar-refractivity contribution < 1.29 is 14.6 Å². The van der Waals surface area contributed by atoms with Crippen molar-refractivity contribution in [3.05, 3.63) is 95.6 Å². The molecule has 1 unspecified atom stereocenters. The van der Waals surface area contributed by atoms with Crippen molar-refractivity contribution in [1.82, 2.24) is 14.1 Å². The zero-order chi connectivity index (χ0) is 21.6. The highest BCUT2D eigenvalue weighted by Crippen LogP contribution is 2.20. The van der Waals surface area contributed by atoms with Crippen LogP contribution in [0, 0.1) is 0 Å². The molecule has 4 aromatic rings. The van der Waals surface area contributed by atoms with Gasteiger partial charge in [0.25, 0.3) is 0 Å². The van der Waals surface area contributed by atoms with Gasteiger partial charge in [-0.1, -0.05) is 34.1 Å². The molecule has 158 valence electrons. The lowest BCUT2D eigenvalue weighted by Gasteiger charge is -2.12. The molecule has 2 aromatic heterocycles. The molecule has 6 nitrogen and oxygen atoms in total. The third kappa shape index (κ3) is 5.71. The van der Waals surface area contributed by atoms with Crippen molar-refractivity contribution in [3.63, 3.8) is 0 Å². The highest BCUT2D eigenvalue weighted by molar-refractivity contribution is 9.10. The molecule has 0 saturated heterocycles. The summed E-state index contributed by atoms with van der Waals surface area (Å²) in [6, 6.07) is 18.7. The number of carbonyl (C=O) groups is 1. The molecule has 4 rings (SSSR count). The summed E-state index contributed by atoms with van der Waals surface area (Å²) < 4.78 is 10.3. The Balaban J connectivity index is 1.36. The van der Waals surface area contributed by atoms with Gasteiger partial charge in [0.2, 0.25) is 0 Å². The predicted molar refractivity (Wildman–Crippen MR) is 122 cm³/mol. The van der Waals surface area contributed by atoms with Crippen LogP contribution >= 0.6 is 15.9 Å². The van der Waals surface area contributed by atoms with Crippen molar-refractivity contribution in [2.75, 3.05) is 6.61 Å². The molecule has 0 spiro atoms. The van der Waals surface area contributed by atoms with Crippen LogP contribution < -0.4 is 4.74 Å². The zero-order valence-electron chi connectivity index (χ0n) is 16.8. The number of carbonyl (C=O) groups excluding carboxylic acids is 1. The first kappa shape index (κ1) is 21.1. The third-order valence-electron chi connectivity index (χ3n) is 4.78. The molecule has 1 atom stereocenters. The van der Waals surface area contributed by atoms with Crippen molar-refractivity contribution in [3.8, 4) is 17.0 Å². The van der Waals surface area contributed by atoms with Gasteiger partial charge in [-0.05, 0) is 42.5 Å². The van der Waals surface area contributed by atoms with E-state index in [0.29, 0.717) is 24.4 Å². The molecule has 1 N–H and O–H groups in total. The van der Waals surface area contributed by atoms with E-state index in [2.05, 4.69) is 20.9 Å². The SMILES string of the molecule is O=C(Cn1cccc1)c1cccc(-c2cn(CC(O)COc3ccc(Br)cc3)cn2)c1. The van der Waals surface area contributed by atoms with Gasteiger partial charge in [-0.15, -0.1) is 0 Å². The number of rotatable bonds is 9. The molecule has 0 aliphatic rings. The van der Waals surface area contributed by atoms with Crippen LogP contribution in [0.1, 0.15) is 10.4 Å². The molecule has 31 heavy (non-hydrogen) atoms. The molecule has 0 amide bonds. The first-order valence-electron chi connectivity index (χ1n) is 9.89. The summed E-state index contributed by atoms with van der Waals surface area (Å²) in [4.78, 5) is 17.0. The number of halogens is 1. The minimum Gasteiger partial charge on any atom is -0.491 e. The molecule has 0 aliphatic heterocycles. The molecule has 7 heteroatoms. The highest BCUT2D eigenvalue weighted by Gasteiger charge is 2.11. The minimum atomic E-state index is -0.680. The number of ether oxygens (including phenoxy) is 1. The van der Waals surface area contributed by atoms with Crippen LogP contribution in [-0.4, -0.2) is 37.7 Å². The van der Waals surface area contributed by atoms with Gasteiger partial charge in [0, 0.05) is 34.2 Å². The van der Waals surface area contributed by atoms with Crippen molar-refractivity contribution in [2.45, 2.75) is 19.2 Å². The maximum atomic E-state index is 12.6. The Morgan fingerprint density at radius 3 is 2.61 bits per heavy atom. The van der Waals surface area contributed by atoms with Crippen molar-refractivity contribution >= 4 is 21.7 Å². The second-order valence-corrected chi connectivity index (χ2v) is 8.15.